The van der Waals surface area contributed by atoms with E-state index in [1.807, 2.05) is 18.2 Å². The Balaban J connectivity index is 2.06. The number of benzene rings is 1. The lowest BCUT2D eigenvalue weighted by molar-refractivity contribution is 0.572. The van der Waals surface area contributed by atoms with Gasteiger partial charge in [0.25, 0.3) is 0 Å². The maximum Gasteiger partial charge on any atom is 0.157 e. The van der Waals surface area contributed by atoms with Crippen LogP contribution in [0.5, 0.6) is 0 Å². The molecule has 4 nitrogen and oxygen atoms in total. The van der Waals surface area contributed by atoms with Crippen LogP contribution in [-0.2, 0) is 6.42 Å². The molecule has 24 heavy (non-hydrogen) atoms. The lowest BCUT2D eigenvalue weighted by Crippen LogP contribution is -2.31. The van der Waals surface area contributed by atoms with E-state index >= 15 is 0 Å². The predicted octanol–water partition coefficient (Wildman–Crippen LogP) is 4.30. The Bertz CT molecular complexity index is 926. The van der Waals surface area contributed by atoms with Gasteiger partial charge < -0.3 is 4.90 Å². The number of piperidine rings is 1. The normalized spacial score (nSPS) is 15.1. The highest BCUT2D eigenvalue weighted by Crippen LogP contribution is 2.31. The van der Waals surface area contributed by atoms with Crippen LogP contribution in [-0.4, -0.2) is 22.5 Å². The summed E-state index contributed by atoms with van der Waals surface area (Å²) < 4.78 is 2.19. The molecule has 4 rings (SSSR count). The molecule has 1 aliphatic heterocycles. The topological polar surface area (TPSA) is 44.3 Å². The van der Waals surface area contributed by atoms with Gasteiger partial charge in [-0.25, -0.2) is 4.98 Å². The fraction of sp³-hybridized carbons (Fsp3) is 0.400. The van der Waals surface area contributed by atoms with Crippen LogP contribution < -0.4 is 4.90 Å². The van der Waals surface area contributed by atoms with Gasteiger partial charge in [0.2, 0.25) is 0 Å². The second-order valence-electron chi connectivity index (χ2n) is 6.57. The van der Waals surface area contributed by atoms with Gasteiger partial charge in [0.15, 0.2) is 5.65 Å². The van der Waals surface area contributed by atoms with E-state index in [-0.39, 0.29) is 0 Å². The van der Waals surface area contributed by atoms with Crippen LogP contribution >= 0.6 is 0 Å². The van der Waals surface area contributed by atoms with Crippen molar-refractivity contribution in [3.05, 3.63) is 41.5 Å². The number of para-hydroxylation sites is 2. The maximum atomic E-state index is 9.75. The molecular weight excluding hydrogens is 296 g/mol. The zero-order valence-corrected chi connectivity index (χ0v) is 14.1. The van der Waals surface area contributed by atoms with Gasteiger partial charge in [-0.2, -0.15) is 5.26 Å². The predicted molar refractivity (Wildman–Crippen MR) is 97.5 cm³/mol. The van der Waals surface area contributed by atoms with Crippen LogP contribution in [0, 0.1) is 11.3 Å². The molecule has 0 atom stereocenters. The van der Waals surface area contributed by atoms with Gasteiger partial charge in [0.1, 0.15) is 11.9 Å². The van der Waals surface area contributed by atoms with Gasteiger partial charge in [-0.05, 0) is 49.4 Å². The summed E-state index contributed by atoms with van der Waals surface area (Å²) in [6.07, 6.45) is 5.73. The summed E-state index contributed by atoms with van der Waals surface area (Å²) in [5.74, 6) is 1.20. The summed E-state index contributed by atoms with van der Waals surface area (Å²) >= 11 is 0. The van der Waals surface area contributed by atoms with E-state index in [9.17, 15) is 5.26 Å². The molecule has 3 heterocycles. The van der Waals surface area contributed by atoms with Crippen molar-refractivity contribution >= 4 is 22.5 Å². The van der Waals surface area contributed by atoms with Crippen LogP contribution in [0.3, 0.4) is 0 Å². The molecule has 0 spiro atoms. The molecule has 1 aromatic carbocycles. The second kappa shape index (κ2) is 6.16. The quantitative estimate of drug-likeness (QED) is 0.723. The van der Waals surface area contributed by atoms with Gasteiger partial charge in [-0.15, -0.1) is 0 Å². The summed E-state index contributed by atoms with van der Waals surface area (Å²) in [5, 5.41) is 9.75. The van der Waals surface area contributed by atoms with E-state index < -0.39 is 0 Å². The lowest BCUT2D eigenvalue weighted by atomic mass is 10.0. The number of nitriles is 1. The van der Waals surface area contributed by atoms with Crippen molar-refractivity contribution < 1.29 is 0 Å². The molecule has 0 saturated carbocycles. The van der Waals surface area contributed by atoms with E-state index in [4.69, 9.17) is 4.98 Å². The van der Waals surface area contributed by atoms with Crippen LogP contribution in [0.25, 0.3) is 16.7 Å². The smallest absolute Gasteiger partial charge is 0.157 e. The second-order valence-corrected chi connectivity index (χ2v) is 6.57. The molecule has 0 unspecified atom stereocenters. The Kier molecular flexibility index (Phi) is 3.86. The first kappa shape index (κ1) is 15.0. The highest BCUT2D eigenvalue weighted by Gasteiger charge is 2.20. The minimum Gasteiger partial charge on any atom is -0.358 e. The summed E-state index contributed by atoms with van der Waals surface area (Å²) in [4.78, 5) is 7.26. The first-order valence-electron chi connectivity index (χ1n) is 8.91. The number of aromatic nitrogens is 2. The first-order valence-corrected chi connectivity index (χ1v) is 8.91. The highest BCUT2D eigenvalue weighted by molar-refractivity contribution is 5.85. The number of rotatable bonds is 3. The molecular formula is C20H22N4. The van der Waals surface area contributed by atoms with Crippen molar-refractivity contribution in [2.45, 2.75) is 39.0 Å². The van der Waals surface area contributed by atoms with Crippen LogP contribution in [0.2, 0.25) is 0 Å². The minimum atomic E-state index is 0.730. The molecule has 0 bridgehead atoms. The van der Waals surface area contributed by atoms with Gasteiger partial charge in [-0.3, -0.25) is 4.40 Å². The van der Waals surface area contributed by atoms with Crippen molar-refractivity contribution in [1.82, 2.24) is 9.38 Å². The molecule has 2 aromatic heterocycles. The summed E-state index contributed by atoms with van der Waals surface area (Å²) in [7, 11) is 0. The van der Waals surface area contributed by atoms with E-state index in [2.05, 4.69) is 34.4 Å². The molecule has 3 aromatic rings. The van der Waals surface area contributed by atoms with Gasteiger partial charge >= 0.3 is 0 Å². The third kappa shape index (κ3) is 2.32. The Hall–Kier alpha value is -2.54. The van der Waals surface area contributed by atoms with Crippen molar-refractivity contribution in [1.29, 1.82) is 5.26 Å². The van der Waals surface area contributed by atoms with Crippen molar-refractivity contribution in [3.8, 4) is 6.07 Å². The average molecular weight is 318 g/mol. The third-order valence-electron chi connectivity index (χ3n) is 4.95. The number of anilines is 1. The molecule has 1 aliphatic rings. The monoisotopic (exact) mass is 318 g/mol. The van der Waals surface area contributed by atoms with E-state index in [0.29, 0.717) is 0 Å². The largest absolute Gasteiger partial charge is 0.358 e. The molecule has 0 N–H and O–H groups in total. The summed E-state index contributed by atoms with van der Waals surface area (Å²) in [6, 6.07) is 12.8. The zero-order valence-electron chi connectivity index (χ0n) is 14.1. The van der Waals surface area contributed by atoms with Gasteiger partial charge in [-0.1, -0.05) is 25.5 Å². The van der Waals surface area contributed by atoms with E-state index in [0.717, 1.165) is 53.7 Å². The number of hydrogen-bond donors (Lipinski definition) is 0. The van der Waals surface area contributed by atoms with Crippen LogP contribution in [0.15, 0.2) is 30.3 Å². The molecule has 0 radical (unpaired) electrons. The summed E-state index contributed by atoms with van der Waals surface area (Å²) in [6.45, 7) is 4.33. The van der Waals surface area contributed by atoms with Crippen molar-refractivity contribution in [2.75, 3.05) is 18.0 Å². The fourth-order valence-electron chi connectivity index (χ4n) is 3.81. The standard InChI is InChI=1S/C20H22N4/c1-2-8-15-13-19(23-11-6-3-7-12-23)24-18-10-5-4-9-17(18)22-20(24)16(15)14-21/h4-5,9-10,13H,2-3,6-8,11-12H2,1H3. The lowest BCUT2D eigenvalue weighted by Gasteiger charge is -2.30. The zero-order chi connectivity index (χ0) is 16.5. The average Bonchev–Trinajstić information content (AvgIpc) is 3.01. The number of aryl methyl sites for hydroxylation is 1. The number of hydrogen-bond acceptors (Lipinski definition) is 3. The Morgan fingerprint density at radius 1 is 1.17 bits per heavy atom. The Morgan fingerprint density at radius 2 is 1.96 bits per heavy atom. The number of imidazole rings is 1. The van der Waals surface area contributed by atoms with E-state index in [1.54, 1.807) is 0 Å². The highest BCUT2D eigenvalue weighted by atomic mass is 15.2. The molecule has 1 saturated heterocycles. The summed E-state index contributed by atoms with van der Waals surface area (Å²) in [5.41, 5.74) is 4.72. The van der Waals surface area contributed by atoms with Crippen LogP contribution in [0.4, 0.5) is 5.82 Å². The molecule has 4 heteroatoms. The van der Waals surface area contributed by atoms with Crippen molar-refractivity contribution in [3.63, 3.8) is 0 Å². The Morgan fingerprint density at radius 3 is 2.71 bits per heavy atom. The Labute approximate surface area is 142 Å². The number of fused-ring (bicyclic) bond motifs is 3. The number of pyridine rings is 1. The molecule has 0 amide bonds. The van der Waals surface area contributed by atoms with Gasteiger partial charge in [0, 0.05) is 13.1 Å². The van der Waals surface area contributed by atoms with Gasteiger partial charge in [0.05, 0.1) is 16.6 Å². The van der Waals surface area contributed by atoms with E-state index in [1.165, 1.54) is 25.1 Å². The maximum absolute atomic E-state index is 9.75. The van der Waals surface area contributed by atoms with Crippen molar-refractivity contribution in [2.24, 2.45) is 0 Å². The fourth-order valence-corrected chi connectivity index (χ4v) is 3.81. The van der Waals surface area contributed by atoms with Crippen LogP contribution in [0.1, 0.15) is 43.7 Å². The molecule has 122 valence electrons. The first-order chi connectivity index (χ1) is 11.8. The molecule has 1 fully saturated rings. The molecule has 0 aliphatic carbocycles. The number of nitrogens with zero attached hydrogens (tertiary/aromatic N) is 4. The minimum absolute atomic E-state index is 0.730. The third-order valence-corrected chi connectivity index (χ3v) is 4.95. The SMILES string of the molecule is CCCc1cc(N2CCCCC2)n2c(nc3ccccc32)c1C#N.